The number of hydrogen-bond acceptors (Lipinski definition) is 4. The van der Waals surface area contributed by atoms with Crippen molar-refractivity contribution in [1.82, 2.24) is 0 Å². The zero-order chi connectivity index (χ0) is 16.2. The molecule has 1 heterocycles. The molecule has 0 aromatic rings. The van der Waals surface area contributed by atoms with Crippen LogP contribution >= 0.6 is 0 Å². The summed E-state index contributed by atoms with van der Waals surface area (Å²) in [5.41, 5.74) is 1.04. The van der Waals surface area contributed by atoms with Gasteiger partial charge in [0.2, 0.25) is 0 Å². The fourth-order valence-electron chi connectivity index (χ4n) is 5.48. The topological polar surface area (TPSA) is 66.8 Å². The molecule has 1 saturated heterocycles. The number of esters is 1. The normalized spacial score (nSPS) is 48.1. The van der Waals surface area contributed by atoms with Crippen LogP contribution in [-0.4, -0.2) is 35.0 Å². The van der Waals surface area contributed by atoms with Crippen LogP contribution in [-0.2, 0) is 9.53 Å². The summed E-state index contributed by atoms with van der Waals surface area (Å²) < 4.78 is 5.47. The third-order valence-corrected chi connectivity index (χ3v) is 6.77. The van der Waals surface area contributed by atoms with Crippen molar-refractivity contribution in [2.75, 3.05) is 6.61 Å². The molecule has 4 heteroatoms. The Labute approximate surface area is 132 Å². The largest absolute Gasteiger partial charge is 0.460 e. The predicted molar refractivity (Wildman–Crippen MR) is 82.9 cm³/mol. The second-order valence-corrected chi connectivity index (χ2v) is 8.01. The van der Waals surface area contributed by atoms with Gasteiger partial charge in [0.1, 0.15) is 6.10 Å². The molecule has 3 aliphatic rings. The third kappa shape index (κ3) is 2.07. The minimum atomic E-state index is -1.00. The first-order valence-corrected chi connectivity index (χ1v) is 8.50. The molecular formula is C18H28O4. The van der Waals surface area contributed by atoms with Crippen LogP contribution in [0.15, 0.2) is 12.2 Å². The first kappa shape index (κ1) is 16.0. The van der Waals surface area contributed by atoms with Gasteiger partial charge in [0.25, 0.3) is 0 Å². The maximum Gasteiger partial charge on any atom is 0.335 e. The number of carbonyl (C=O) groups excluding carboxylic acids is 1. The molecule has 22 heavy (non-hydrogen) atoms. The highest BCUT2D eigenvalue weighted by atomic mass is 16.6. The average molecular weight is 308 g/mol. The van der Waals surface area contributed by atoms with Crippen LogP contribution < -0.4 is 0 Å². The summed E-state index contributed by atoms with van der Waals surface area (Å²) in [5.74, 6) is 1.07. The van der Waals surface area contributed by atoms with E-state index in [9.17, 15) is 15.0 Å². The maximum atomic E-state index is 11.6. The number of fused-ring (bicyclic) bond motifs is 2. The van der Waals surface area contributed by atoms with Crippen molar-refractivity contribution in [2.45, 2.75) is 52.2 Å². The number of aliphatic hydroxyl groups excluding tert-OH is 2. The van der Waals surface area contributed by atoms with Gasteiger partial charge in [-0.2, -0.15) is 0 Å². The molecule has 2 aliphatic carbocycles. The highest BCUT2D eigenvalue weighted by Gasteiger charge is 2.61. The fourth-order valence-corrected chi connectivity index (χ4v) is 5.48. The van der Waals surface area contributed by atoms with E-state index in [2.05, 4.69) is 27.4 Å². The first-order chi connectivity index (χ1) is 10.3. The Morgan fingerprint density at radius 3 is 2.64 bits per heavy atom. The van der Waals surface area contributed by atoms with Crippen molar-refractivity contribution in [1.29, 1.82) is 0 Å². The van der Waals surface area contributed by atoms with Gasteiger partial charge in [-0.3, -0.25) is 0 Å². The molecule has 3 rings (SSSR count). The van der Waals surface area contributed by atoms with Crippen molar-refractivity contribution in [3.05, 3.63) is 12.2 Å². The van der Waals surface area contributed by atoms with Crippen LogP contribution in [0.1, 0.15) is 40.0 Å². The minimum absolute atomic E-state index is 0.0677. The summed E-state index contributed by atoms with van der Waals surface area (Å²) in [6, 6.07) is 0. The molecule has 0 aromatic carbocycles. The number of cyclic esters (lactones) is 1. The van der Waals surface area contributed by atoms with Crippen LogP contribution in [0.4, 0.5) is 0 Å². The lowest BCUT2D eigenvalue weighted by Crippen LogP contribution is -2.41. The van der Waals surface area contributed by atoms with E-state index < -0.39 is 12.1 Å². The third-order valence-electron chi connectivity index (χ3n) is 6.77. The van der Waals surface area contributed by atoms with E-state index >= 15 is 0 Å². The van der Waals surface area contributed by atoms with Crippen LogP contribution in [0.2, 0.25) is 0 Å². The van der Waals surface area contributed by atoms with E-state index in [0.29, 0.717) is 24.2 Å². The number of hydrogen-bond donors (Lipinski definition) is 2. The molecule has 1 aliphatic heterocycles. The van der Waals surface area contributed by atoms with Gasteiger partial charge in [0.05, 0.1) is 0 Å². The molecule has 0 spiro atoms. The molecule has 0 unspecified atom stereocenters. The molecule has 0 amide bonds. The van der Waals surface area contributed by atoms with Crippen molar-refractivity contribution < 1.29 is 19.7 Å². The highest BCUT2D eigenvalue weighted by molar-refractivity contribution is 5.76. The van der Waals surface area contributed by atoms with E-state index in [4.69, 9.17) is 4.74 Å². The average Bonchev–Trinajstić information content (AvgIpc) is 2.83. The summed E-state index contributed by atoms with van der Waals surface area (Å²) in [4.78, 5) is 11.6. The van der Waals surface area contributed by atoms with Gasteiger partial charge < -0.3 is 14.9 Å². The lowest BCUT2D eigenvalue weighted by molar-refractivity contribution is -0.149. The van der Waals surface area contributed by atoms with Gasteiger partial charge in [-0.1, -0.05) is 32.9 Å². The smallest absolute Gasteiger partial charge is 0.335 e. The lowest BCUT2D eigenvalue weighted by atomic mass is 9.61. The van der Waals surface area contributed by atoms with Gasteiger partial charge in [0.15, 0.2) is 6.10 Å². The van der Waals surface area contributed by atoms with Crippen LogP contribution in [0, 0.1) is 35.0 Å². The van der Waals surface area contributed by atoms with Crippen LogP contribution in [0.3, 0.4) is 0 Å². The maximum absolute atomic E-state index is 11.6. The summed E-state index contributed by atoms with van der Waals surface area (Å²) in [7, 11) is 0. The number of ether oxygens (including phenoxy) is 1. The van der Waals surface area contributed by atoms with E-state index in [-0.39, 0.29) is 30.0 Å². The monoisotopic (exact) mass is 308 g/mol. The van der Waals surface area contributed by atoms with Crippen molar-refractivity contribution in [3.8, 4) is 0 Å². The van der Waals surface area contributed by atoms with Gasteiger partial charge >= 0.3 is 5.97 Å². The second kappa shape index (κ2) is 5.34. The van der Waals surface area contributed by atoms with Gasteiger partial charge in [-0.05, 0) is 41.9 Å². The highest BCUT2D eigenvalue weighted by Crippen LogP contribution is 2.65. The summed E-state index contributed by atoms with van der Waals surface area (Å²) in [6.07, 6.45) is 1.24. The Kier molecular flexibility index (Phi) is 3.89. The van der Waals surface area contributed by atoms with Crippen molar-refractivity contribution >= 4 is 5.97 Å². The zero-order valence-electron chi connectivity index (χ0n) is 13.8. The number of aliphatic hydroxyl groups is 2. The Morgan fingerprint density at radius 1 is 1.45 bits per heavy atom. The van der Waals surface area contributed by atoms with E-state index in [1.807, 2.05) is 0 Å². The Hall–Kier alpha value is -0.870. The minimum Gasteiger partial charge on any atom is -0.460 e. The molecule has 2 saturated carbocycles. The SMILES string of the molecule is C=C1[C@H]([C@@H]2C[C@@H](O)C(=O)O2)[C@H]2[C@@H](C(C)C)CC[C@]1(C)[C@H]2CO. The first-order valence-electron chi connectivity index (χ1n) is 8.50. The molecule has 3 fully saturated rings. The van der Waals surface area contributed by atoms with Gasteiger partial charge in [-0.15, -0.1) is 0 Å². The standard InChI is InChI=1S/C18H28O4/c1-9(2)11-5-6-18(4)10(3)15(16(11)12(18)8-19)14-7-13(20)17(21)22-14/h9,11-16,19-20H,3,5-8H2,1-2,4H3/t11-,12+,13-,14+,15-,16+,18+/m1/s1. The van der Waals surface area contributed by atoms with Crippen molar-refractivity contribution in [3.63, 3.8) is 0 Å². The van der Waals surface area contributed by atoms with Crippen LogP contribution in [0.25, 0.3) is 0 Å². The van der Waals surface area contributed by atoms with E-state index in [1.165, 1.54) is 0 Å². The van der Waals surface area contributed by atoms with E-state index in [1.54, 1.807) is 0 Å². The lowest BCUT2D eigenvalue weighted by Gasteiger charge is -2.44. The Bertz CT molecular complexity index is 485. The Balaban J connectivity index is 1.98. The number of rotatable bonds is 3. The summed E-state index contributed by atoms with van der Waals surface area (Å²) in [6.45, 7) is 11.2. The molecular weight excluding hydrogens is 280 g/mol. The Morgan fingerprint density at radius 2 is 2.14 bits per heavy atom. The van der Waals surface area contributed by atoms with Gasteiger partial charge in [0, 0.05) is 18.9 Å². The van der Waals surface area contributed by atoms with Crippen LogP contribution in [0.5, 0.6) is 0 Å². The number of carbonyl (C=O) groups is 1. The van der Waals surface area contributed by atoms with Gasteiger partial charge in [-0.25, -0.2) is 4.79 Å². The fraction of sp³-hybridized carbons (Fsp3) is 0.833. The predicted octanol–water partition coefficient (Wildman–Crippen LogP) is 2.15. The summed E-state index contributed by atoms with van der Waals surface area (Å²) in [5, 5.41) is 19.8. The molecule has 124 valence electrons. The molecule has 0 aromatic heterocycles. The quantitative estimate of drug-likeness (QED) is 0.619. The molecule has 4 nitrogen and oxygen atoms in total. The zero-order valence-corrected chi connectivity index (χ0v) is 13.8. The molecule has 7 atom stereocenters. The van der Waals surface area contributed by atoms with E-state index in [0.717, 1.165) is 18.4 Å². The molecule has 2 bridgehead atoms. The molecule has 0 radical (unpaired) electrons. The van der Waals surface area contributed by atoms with Crippen molar-refractivity contribution in [2.24, 2.45) is 35.0 Å². The summed E-state index contributed by atoms with van der Waals surface area (Å²) >= 11 is 0. The second-order valence-electron chi connectivity index (χ2n) is 8.01. The molecule has 2 N–H and O–H groups in total.